The summed E-state index contributed by atoms with van der Waals surface area (Å²) in [5.41, 5.74) is 0. The molecule has 1 aromatic carbocycles. The molecule has 0 amide bonds. The van der Waals surface area contributed by atoms with Crippen molar-refractivity contribution in [1.29, 1.82) is 0 Å². The van der Waals surface area contributed by atoms with Crippen molar-refractivity contribution < 1.29 is 31.1 Å². The zero-order valence-electron chi connectivity index (χ0n) is 14.6. The standard InChI is InChI=1S/C15H22N2O7S2/c1-16(8-7-15(18)23-2)25(19,20)13-3-5-14(6-4-13)26(21,22)17-9-11-24-12-10-17/h3-6H,7-12H2,1-2H3. The lowest BCUT2D eigenvalue weighted by Crippen LogP contribution is -2.40. The lowest BCUT2D eigenvalue weighted by Gasteiger charge is -2.26. The topological polar surface area (TPSA) is 110 Å². The number of carbonyl (C=O) groups excluding carboxylic acids is 1. The Labute approximate surface area is 153 Å². The van der Waals surface area contributed by atoms with Crippen LogP contribution in [0.2, 0.25) is 0 Å². The summed E-state index contributed by atoms with van der Waals surface area (Å²) in [4.78, 5) is 11.1. The zero-order valence-corrected chi connectivity index (χ0v) is 16.3. The van der Waals surface area contributed by atoms with Gasteiger partial charge in [-0.05, 0) is 24.3 Å². The average molecular weight is 406 g/mol. The van der Waals surface area contributed by atoms with Gasteiger partial charge in [-0.25, -0.2) is 21.1 Å². The predicted octanol–water partition coefficient (Wildman–Crippen LogP) is -0.109. The number of hydrogen-bond donors (Lipinski definition) is 0. The highest BCUT2D eigenvalue weighted by Gasteiger charge is 2.27. The molecular formula is C15H22N2O7S2. The highest BCUT2D eigenvalue weighted by Crippen LogP contribution is 2.21. The predicted molar refractivity (Wildman–Crippen MR) is 92.5 cm³/mol. The molecule has 11 heteroatoms. The van der Waals surface area contributed by atoms with Gasteiger partial charge >= 0.3 is 5.97 Å². The number of benzene rings is 1. The SMILES string of the molecule is COC(=O)CCN(C)S(=O)(=O)c1ccc(S(=O)(=O)N2CCOCC2)cc1. The van der Waals surface area contributed by atoms with Crippen molar-refractivity contribution in [3.63, 3.8) is 0 Å². The smallest absolute Gasteiger partial charge is 0.306 e. The molecule has 0 saturated carbocycles. The van der Waals surface area contributed by atoms with Crippen molar-refractivity contribution in [1.82, 2.24) is 8.61 Å². The van der Waals surface area contributed by atoms with E-state index in [1.807, 2.05) is 0 Å². The average Bonchev–Trinajstić information content (AvgIpc) is 2.66. The van der Waals surface area contributed by atoms with Crippen molar-refractivity contribution >= 4 is 26.0 Å². The van der Waals surface area contributed by atoms with Crippen LogP contribution in [0.4, 0.5) is 0 Å². The summed E-state index contributed by atoms with van der Waals surface area (Å²) in [6.07, 6.45) is -0.0737. The van der Waals surface area contributed by atoms with Crippen molar-refractivity contribution in [2.75, 3.05) is 47.0 Å². The minimum absolute atomic E-state index is 0.0237. The number of nitrogens with zero attached hydrogens (tertiary/aromatic N) is 2. The molecule has 0 bridgehead atoms. The van der Waals surface area contributed by atoms with Crippen molar-refractivity contribution in [3.8, 4) is 0 Å². The van der Waals surface area contributed by atoms with E-state index >= 15 is 0 Å². The first-order valence-electron chi connectivity index (χ1n) is 7.90. The van der Waals surface area contributed by atoms with E-state index < -0.39 is 26.0 Å². The third-order valence-corrected chi connectivity index (χ3v) is 7.78. The van der Waals surface area contributed by atoms with Crippen LogP contribution in [-0.4, -0.2) is 78.4 Å². The van der Waals surface area contributed by atoms with E-state index in [4.69, 9.17) is 4.74 Å². The summed E-state index contributed by atoms with van der Waals surface area (Å²) in [7, 11) is -4.95. The Morgan fingerprint density at radius 1 is 1.12 bits per heavy atom. The maximum Gasteiger partial charge on any atom is 0.306 e. The van der Waals surface area contributed by atoms with Crippen molar-refractivity contribution in [2.45, 2.75) is 16.2 Å². The highest BCUT2D eigenvalue weighted by atomic mass is 32.2. The number of methoxy groups -OCH3 is 1. The minimum atomic E-state index is -3.83. The summed E-state index contributed by atoms with van der Waals surface area (Å²) < 4.78 is 62.1. The maximum absolute atomic E-state index is 12.6. The molecule has 0 aliphatic carbocycles. The van der Waals surface area contributed by atoms with Crippen molar-refractivity contribution in [2.24, 2.45) is 0 Å². The molecular weight excluding hydrogens is 384 g/mol. The molecule has 1 aliphatic rings. The van der Waals surface area contributed by atoms with E-state index in [-0.39, 0.29) is 35.8 Å². The Balaban J connectivity index is 2.16. The molecule has 9 nitrogen and oxygen atoms in total. The molecule has 1 heterocycles. The molecule has 1 fully saturated rings. The molecule has 1 aliphatic heterocycles. The summed E-state index contributed by atoms with van der Waals surface area (Å²) in [6, 6.07) is 5.03. The number of carbonyl (C=O) groups is 1. The van der Waals surface area contributed by atoms with Gasteiger partial charge in [-0.15, -0.1) is 0 Å². The molecule has 2 rings (SSSR count). The van der Waals surface area contributed by atoms with Gasteiger partial charge in [0.1, 0.15) is 0 Å². The third kappa shape index (κ3) is 4.60. The van der Waals surface area contributed by atoms with E-state index in [9.17, 15) is 21.6 Å². The Morgan fingerprint density at radius 2 is 1.65 bits per heavy atom. The summed E-state index contributed by atoms with van der Waals surface area (Å²) >= 11 is 0. The number of morpholine rings is 1. The summed E-state index contributed by atoms with van der Waals surface area (Å²) in [5.74, 6) is -0.515. The van der Waals surface area contributed by atoms with Gasteiger partial charge in [0.2, 0.25) is 20.0 Å². The minimum Gasteiger partial charge on any atom is -0.469 e. The highest BCUT2D eigenvalue weighted by molar-refractivity contribution is 7.89. The number of ether oxygens (including phenoxy) is 2. The van der Waals surface area contributed by atoms with Gasteiger partial charge in [0, 0.05) is 26.7 Å². The van der Waals surface area contributed by atoms with E-state index in [1.165, 1.54) is 42.7 Å². The van der Waals surface area contributed by atoms with E-state index in [2.05, 4.69) is 4.74 Å². The molecule has 0 aromatic heterocycles. The Bertz CT molecular complexity index is 829. The first-order chi connectivity index (χ1) is 12.2. The number of rotatable bonds is 7. The Kier molecular flexibility index (Phi) is 6.74. The third-order valence-electron chi connectivity index (χ3n) is 4.00. The molecule has 0 atom stereocenters. The zero-order chi connectivity index (χ0) is 19.4. The van der Waals surface area contributed by atoms with Crippen LogP contribution in [0.15, 0.2) is 34.1 Å². The van der Waals surface area contributed by atoms with Crippen LogP contribution in [0.5, 0.6) is 0 Å². The van der Waals surface area contributed by atoms with Gasteiger partial charge < -0.3 is 9.47 Å². The van der Waals surface area contributed by atoms with Crippen LogP contribution in [0.3, 0.4) is 0 Å². The van der Waals surface area contributed by atoms with Crippen LogP contribution in [-0.2, 0) is 34.3 Å². The molecule has 146 valence electrons. The molecule has 0 unspecified atom stereocenters. The van der Waals surface area contributed by atoms with Crippen LogP contribution < -0.4 is 0 Å². The fraction of sp³-hybridized carbons (Fsp3) is 0.533. The summed E-state index contributed by atoms with van der Waals surface area (Å²) in [6.45, 7) is 1.15. The maximum atomic E-state index is 12.6. The second-order valence-corrected chi connectivity index (χ2v) is 9.62. The summed E-state index contributed by atoms with van der Waals surface area (Å²) in [5, 5.41) is 0. The molecule has 0 N–H and O–H groups in total. The van der Waals surface area contributed by atoms with Crippen LogP contribution >= 0.6 is 0 Å². The monoisotopic (exact) mass is 406 g/mol. The molecule has 26 heavy (non-hydrogen) atoms. The van der Waals surface area contributed by atoms with Gasteiger partial charge in [-0.3, -0.25) is 4.79 Å². The Morgan fingerprint density at radius 3 is 2.19 bits per heavy atom. The van der Waals surface area contributed by atoms with Crippen LogP contribution in [0.1, 0.15) is 6.42 Å². The molecule has 0 radical (unpaired) electrons. The van der Waals surface area contributed by atoms with Gasteiger partial charge in [-0.1, -0.05) is 0 Å². The quantitative estimate of drug-likeness (QED) is 0.581. The first-order valence-corrected chi connectivity index (χ1v) is 10.8. The largest absolute Gasteiger partial charge is 0.469 e. The second kappa shape index (κ2) is 8.44. The van der Waals surface area contributed by atoms with Crippen LogP contribution in [0.25, 0.3) is 0 Å². The molecule has 1 aromatic rings. The van der Waals surface area contributed by atoms with E-state index in [0.717, 1.165) is 4.31 Å². The Hall–Kier alpha value is -1.53. The number of sulfonamides is 2. The van der Waals surface area contributed by atoms with E-state index in [1.54, 1.807) is 0 Å². The second-order valence-electron chi connectivity index (χ2n) is 5.64. The number of hydrogen-bond acceptors (Lipinski definition) is 7. The van der Waals surface area contributed by atoms with Gasteiger partial charge in [0.25, 0.3) is 0 Å². The van der Waals surface area contributed by atoms with Crippen molar-refractivity contribution in [3.05, 3.63) is 24.3 Å². The van der Waals surface area contributed by atoms with Gasteiger partial charge in [-0.2, -0.15) is 4.31 Å². The molecule has 1 saturated heterocycles. The fourth-order valence-corrected chi connectivity index (χ4v) is 4.95. The first kappa shape index (κ1) is 20.8. The van der Waals surface area contributed by atoms with Gasteiger partial charge in [0.15, 0.2) is 0 Å². The normalized spacial score (nSPS) is 16.6. The van der Waals surface area contributed by atoms with Crippen LogP contribution in [0, 0.1) is 0 Å². The van der Waals surface area contributed by atoms with E-state index in [0.29, 0.717) is 13.2 Å². The number of esters is 1. The molecule has 0 spiro atoms. The lowest BCUT2D eigenvalue weighted by molar-refractivity contribution is -0.140. The fourth-order valence-electron chi connectivity index (χ4n) is 2.37. The van der Waals surface area contributed by atoms with Gasteiger partial charge in [0.05, 0.1) is 36.5 Å². The lowest BCUT2D eigenvalue weighted by atomic mass is 10.4.